The summed E-state index contributed by atoms with van der Waals surface area (Å²) in [5.41, 5.74) is 1.18. The van der Waals surface area contributed by atoms with Gasteiger partial charge in [-0.1, -0.05) is 26.0 Å². The van der Waals surface area contributed by atoms with Gasteiger partial charge in [-0.15, -0.1) is 0 Å². The molecule has 3 heteroatoms. The third-order valence-corrected chi connectivity index (χ3v) is 3.06. The highest BCUT2D eigenvalue weighted by molar-refractivity contribution is 5.96. The number of carbonyl (C=O) groups is 2. The van der Waals surface area contributed by atoms with E-state index in [1.54, 1.807) is 36.4 Å². The Morgan fingerprint density at radius 3 is 1.71 bits per heavy atom. The molecule has 106 valence electrons. The van der Waals surface area contributed by atoms with Gasteiger partial charge in [-0.25, -0.2) is 0 Å². The monoisotopic (exact) mass is 280 g/mol. The van der Waals surface area contributed by atoms with E-state index in [4.69, 9.17) is 4.74 Å². The molecular weight excluding hydrogens is 264 g/mol. The van der Waals surface area contributed by atoms with Crippen LogP contribution < -0.4 is 4.74 Å². The van der Waals surface area contributed by atoms with Gasteiger partial charge in [0.15, 0.2) is 11.6 Å². The van der Waals surface area contributed by atoms with Crippen molar-refractivity contribution in [1.82, 2.24) is 0 Å². The van der Waals surface area contributed by atoms with Gasteiger partial charge in [0, 0.05) is 36.1 Å². The van der Waals surface area contributed by atoms with Crippen molar-refractivity contribution >= 4 is 11.6 Å². The maximum Gasteiger partial charge on any atom is 0.162 e. The second-order valence-electron chi connectivity index (χ2n) is 4.54. The largest absolute Gasteiger partial charge is 0.456 e. The molecule has 0 aliphatic heterocycles. The molecule has 2 radical (unpaired) electrons. The van der Waals surface area contributed by atoms with Crippen LogP contribution in [0.2, 0.25) is 0 Å². The molecule has 0 atom stereocenters. The number of benzene rings is 2. The molecule has 0 amide bonds. The summed E-state index contributed by atoms with van der Waals surface area (Å²) in [6, 6.07) is 15.9. The number of hydrogen-bond donors (Lipinski definition) is 0. The lowest BCUT2D eigenvalue weighted by molar-refractivity contribution is 0.0980. The maximum absolute atomic E-state index is 11.7. The van der Waals surface area contributed by atoms with E-state index in [0.717, 1.165) is 0 Å². The Hall–Kier alpha value is -2.42. The van der Waals surface area contributed by atoms with Crippen molar-refractivity contribution in [2.75, 3.05) is 0 Å². The molecular formula is C18H16O3. The first-order chi connectivity index (χ1) is 10.1. The van der Waals surface area contributed by atoms with E-state index in [0.29, 0.717) is 35.5 Å². The topological polar surface area (TPSA) is 43.4 Å². The zero-order chi connectivity index (χ0) is 15.2. The molecule has 0 aliphatic rings. The summed E-state index contributed by atoms with van der Waals surface area (Å²) in [4.78, 5) is 23.4. The first-order valence-electron chi connectivity index (χ1n) is 6.91. The maximum atomic E-state index is 11.7. The van der Waals surface area contributed by atoms with Crippen LogP contribution in [0.4, 0.5) is 0 Å². The number of carbonyl (C=O) groups excluding carboxylic acids is 2. The summed E-state index contributed by atoms with van der Waals surface area (Å²) in [5, 5.41) is 0. The molecule has 0 unspecified atom stereocenters. The summed E-state index contributed by atoms with van der Waals surface area (Å²) in [7, 11) is 0. The van der Waals surface area contributed by atoms with Crippen molar-refractivity contribution in [2.24, 2.45) is 0 Å². The van der Waals surface area contributed by atoms with E-state index in [-0.39, 0.29) is 11.6 Å². The van der Waals surface area contributed by atoms with Crippen LogP contribution in [-0.4, -0.2) is 11.6 Å². The summed E-state index contributed by atoms with van der Waals surface area (Å²) < 4.78 is 5.63. The van der Waals surface area contributed by atoms with Crippen molar-refractivity contribution in [1.29, 1.82) is 0 Å². The van der Waals surface area contributed by atoms with Gasteiger partial charge in [0.2, 0.25) is 0 Å². The Kier molecular flexibility index (Phi) is 4.88. The van der Waals surface area contributed by atoms with Crippen LogP contribution in [0.3, 0.4) is 0 Å². The van der Waals surface area contributed by atoms with E-state index in [1.807, 2.05) is 13.8 Å². The zero-order valence-electron chi connectivity index (χ0n) is 12.1. The lowest BCUT2D eigenvalue weighted by Crippen LogP contribution is -1.98. The SMILES string of the molecule is CCC(=O)c1cc[c]c(Oc2[c]ccc(C(=O)CC)c2)c1. The van der Waals surface area contributed by atoms with Gasteiger partial charge < -0.3 is 4.74 Å². The highest BCUT2D eigenvalue weighted by Gasteiger charge is 2.07. The number of Topliss-reactive ketones (excluding diaryl/α,β-unsaturated/α-hetero) is 2. The first-order valence-corrected chi connectivity index (χ1v) is 6.91. The molecule has 0 heterocycles. The second kappa shape index (κ2) is 6.84. The minimum absolute atomic E-state index is 0.0488. The fraction of sp³-hybridized carbons (Fsp3) is 0.222. The highest BCUT2D eigenvalue weighted by Crippen LogP contribution is 2.23. The van der Waals surface area contributed by atoms with Crippen molar-refractivity contribution < 1.29 is 14.3 Å². The number of hydrogen-bond acceptors (Lipinski definition) is 3. The van der Waals surface area contributed by atoms with E-state index in [9.17, 15) is 9.59 Å². The van der Waals surface area contributed by atoms with E-state index in [2.05, 4.69) is 12.1 Å². The summed E-state index contributed by atoms with van der Waals surface area (Å²) in [5.74, 6) is 0.971. The van der Waals surface area contributed by atoms with Gasteiger partial charge in [0.25, 0.3) is 0 Å². The van der Waals surface area contributed by atoms with Crippen LogP contribution in [-0.2, 0) is 0 Å². The highest BCUT2D eigenvalue weighted by atomic mass is 16.5. The molecule has 0 fully saturated rings. The van der Waals surface area contributed by atoms with Crippen LogP contribution in [0.1, 0.15) is 47.4 Å². The molecule has 0 saturated carbocycles. The predicted molar refractivity (Wildman–Crippen MR) is 79.9 cm³/mol. The van der Waals surface area contributed by atoms with Crippen LogP contribution in [0.25, 0.3) is 0 Å². The van der Waals surface area contributed by atoms with Crippen LogP contribution in [0.5, 0.6) is 11.5 Å². The molecule has 2 rings (SSSR count). The lowest BCUT2D eigenvalue weighted by Gasteiger charge is -2.07. The standard InChI is InChI=1S/C18H16O3/c1-3-17(19)13-7-5-9-15(11-13)21-16-10-6-8-14(12-16)18(20)4-2/h5-8,11-12H,3-4H2,1-2H3. The van der Waals surface area contributed by atoms with E-state index >= 15 is 0 Å². The van der Waals surface area contributed by atoms with Crippen LogP contribution >= 0.6 is 0 Å². The first kappa shape index (κ1) is 15.0. The second-order valence-corrected chi connectivity index (χ2v) is 4.54. The van der Waals surface area contributed by atoms with Crippen LogP contribution in [0.15, 0.2) is 36.4 Å². The van der Waals surface area contributed by atoms with Gasteiger partial charge in [0.1, 0.15) is 11.5 Å². The Morgan fingerprint density at radius 2 is 1.33 bits per heavy atom. The Labute approximate surface area is 124 Å². The molecule has 0 spiro atoms. The molecule has 0 saturated heterocycles. The number of rotatable bonds is 6. The van der Waals surface area contributed by atoms with Crippen molar-refractivity contribution in [2.45, 2.75) is 26.7 Å². The van der Waals surface area contributed by atoms with Gasteiger partial charge in [-0.2, -0.15) is 0 Å². The third-order valence-electron chi connectivity index (χ3n) is 3.06. The van der Waals surface area contributed by atoms with Gasteiger partial charge in [0.05, 0.1) is 0 Å². The molecule has 2 aromatic carbocycles. The van der Waals surface area contributed by atoms with Crippen molar-refractivity contribution in [3.8, 4) is 11.5 Å². The van der Waals surface area contributed by atoms with E-state index < -0.39 is 0 Å². The molecule has 0 aliphatic carbocycles. The van der Waals surface area contributed by atoms with Crippen molar-refractivity contribution in [3.05, 3.63) is 59.7 Å². The Bertz CT molecular complexity index is 602. The fourth-order valence-corrected chi connectivity index (χ4v) is 1.88. The summed E-state index contributed by atoms with van der Waals surface area (Å²) in [6.45, 7) is 3.63. The molecule has 0 N–H and O–H groups in total. The summed E-state index contributed by atoms with van der Waals surface area (Å²) in [6.07, 6.45) is 0.881. The minimum Gasteiger partial charge on any atom is -0.456 e. The molecule has 0 aromatic heterocycles. The summed E-state index contributed by atoms with van der Waals surface area (Å²) >= 11 is 0. The number of ketones is 2. The average Bonchev–Trinajstić information content (AvgIpc) is 2.53. The van der Waals surface area contributed by atoms with Gasteiger partial charge in [-0.05, 0) is 24.3 Å². The smallest absolute Gasteiger partial charge is 0.162 e. The van der Waals surface area contributed by atoms with Crippen LogP contribution in [0, 0.1) is 12.1 Å². The van der Waals surface area contributed by atoms with Gasteiger partial charge in [-0.3, -0.25) is 9.59 Å². The minimum atomic E-state index is 0.0488. The Morgan fingerprint density at radius 1 is 0.905 bits per heavy atom. The third kappa shape index (κ3) is 3.78. The zero-order valence-corrected chi connectivity index (χ0v) is 12.1. The Balaban J connectivity index is 2.22. The average molecular weight is 280 g/mol. The fourth-order valence-electron chi connectivity index (χ4n) is 1.88. The quantitative estimate of drug-likeness (QED) is 0.742. The molecule has 2 aromatic rings. The van der Waals surface area contributed by atoms with Crippen molar-refractivity contribution in [3.63, 3.8) is 0 Å². The van der Waals surface area contributed by atoms with Gasteiger partial charge >= 0.3 is 0 Å². The lowest BCUT2D eigenvalue weighted by atomic mass is 10.1. The van der Waals surface area contributed by atoms with E-state index in [1.165, 1.54) is 0 Å². The predicted octanol–water partition coefficient (Wildman–Crippen LogP) is 4.26. The number of ether oxygens (including phenoxy) is 1. The normalized spacial score (nSPS) is 10.2. The molecule has 3 nitrogen and oxygen atoms in total. The molecule has 21 heavy (non-hydrogen) atoms. The molecule has 0 bridgehead atoms.